The highest BCUT2D eigenvalue weighted by molar-refractivity contribution is 5.95. The van der Waals surface area contributed by atoms with Crippen LogP contribution in [0.1, 0.15) is 21.6 Å². The first kappa shape index (κ1) is 12.0. The topological polar surface area (TPSA) is 96.7 Å². The molecule has 2 aromatic heterocycles. The quantitative estimate of drug-likeness (QED) is 0.748. The lowest BCUT2D eigenvalue weighted by Gasteiger charge is -2.06. The van der Waals surface area contributed by atoms with Crippen LogP contribution in [-0.2, 0) is 6.54 Å². The van der Waals surface area contributed by atoms with Crippen LogP contribution >= 0.6 is 0 Å². The molecule has 2 heterocycles. The molecule has 0 fully saturated rings. The molecule has 94 valence electrons. The summed E-state index contributed by atoms with van der Waals surface area (Å²) in [7, 11) is 0. The van der Waals surface area contributed by atoms with Gasteiger partial charge < -0.3 is 11.1 Å². The van der Waals surface area contributed by atoms with Crippen molar-refractivity contribution in [1.29, 1.82) is 0 Å². The van der Waals surface area contributed by atoms with E-state index in [1.165, 1.54) is 12.3 Å². The highest BCUT2D eigenvalue weighted by atomic mass is 19.1. The molecule has 18 heavy (non-hydrogen) atoms. The van der Waals surface area contributed by atoms with E-state index in [9.17, 15) is 9.18 Å². The third-order valence-corrected chi connectivity index (χ3v) is 2.53. The van der Waals surface area contributed by atoms with E-state index in [4.69, 9.17) is 5.73 Å². The third kappa shape index (κ3) is 2.29. The van der Waals surface area contributed by atoms with Gasteiger partial charge in [0.1, 0.15) is 0 Å². The summed E-state index contributed by atoms with van der Waals surface area (Å²) in [5.74, 6) is -1.64. The lowest BCUT2D eigenvalue weighted by molar-refractivity contribution is 0.0947. The van der Waals surface area contributed by atoms with Gasteiger partial charge in [0.2, 0.25) is 0 Å². The number of carbonyl (C=O) groups is 1. The van der Waals surface area contributed by atoms with Crippen LogP contribution in [0.3, 0.4) is 0 Å². The number of nitrogens with zero attached hydrogens (tertiary/aromatic N) is 2. The van der Waals surface area contributed by atoms with Crippen LogP contribution in [0, 0.1) is 12.7 Å². The van der Waals surface area contributed by atoms with Crippen LogP contribution in [0.2, 0.25) is 0 Å². The van der Waals surface area contributed by atoms with Crippen molar-refractivity contribution in [3.05, 3.63) is 41.1 Å². The Balaban J connectivity index is 2.09. The number of aryl methyl sites for hydroxylation is 1. The molecule has 7 heteroatoms. The summed E-state index contributed by atoms with van der Waals surface area (Å²) in [6.07, 6.45) is 2.89. The van der Waals surface area contributed by atoms with E-state index in [1.807, 2.05) is 6.92 Å². The Morgan fingerprint density at radius 2 is 2.39 bits per heavy atom. The van der Waals surface area contributed by atoms with Crippen LogP contribution in [0.25, 0.3) is 0 Å². The second-order valence-corrected chi connectivity index (χ2v) is 3.76. The number of carbonyl (C=O) groups excluding carboxylic acids is 1. The van der Waals surface area contributed by atoms with Gasteiger partial charge in [-0.3, -0.25) is 9.89 Å². The van der Waals surface area contributed by atoms with E-state index in [1.54, 1.807) is 6.20 Å². The fourth-order valence-electron chi connectivity index (χ4n) is 1.46. The molecule has 2 rings (SSSR count). The minimum atomic E-state index is -0.807. The lowest BCUT2D eigenvalue weighted by atomic mass is 10.2. The first-order chi connectivity index (χ1) is 8.59. The summed E-state index contributed by atoms with van der Waals surface area (Å²) in [6, 6.07) is 1.28. The molecule has 0 bridgehead atoms. The van der Waals surface area contributed by atoms with E-state index in [0.717, 1.165) is 11.3 Å². The van der Waals surface area contributed by atoms with Gasteiger partial charge in [0.15, 0.2) is 11.6 Å². The van der Waals surface area contributed by atoms with Gasteiger partial charge in [0.05, 0.1) is 11.8 Å². The van der Waals surface area contributed by atoms with Crippen molar-refractivity contribution in [3.8, 4) is 0 Å². The van der Waals surface area contributed by atoms with Crippen LogP contribution in [0.15, 0.2) is 18.5 Å². The average Bonchev–Trinajstić information content (AvgIpc) is 2.75. The van der Waals surface area contributed by atoms with Gasteiger partial charge in [-0.1, -0.05) is 0 Å². The maximum absolute atomic E-state index is 13.5. The fourth-order valence-corrected chi connectivity index (χ4v) is 1.46. The summed E-state index contributed by atoms with van der Waals surface area (Å²) in [5.41, 5.74) is 6.86. The Bertz CT molecular complexity index is 581. The number of aromatic nitrogens is 3. The molecule has 0 aliphatic carbocycles. The Morgan fingerprint density at radius 1 is 1.61 bits per heavy atom. The Kier molecular flexibility index (Phi) is 3.22. The van der Waals surface area contributed by atoms with Crippen molar-refractivity contribution < 1.29 is 9.18 Å². The maximum atomic E-state index is 13.5. The first-order valence-electron chi connectivity index (χ1n) is 5.26. The van der Waals surface area contributed by atoms with Crippen molar-refractivity contribution in [3.63, 3.8) is 0 Å². The second-order valence-electron chi connectivity index (χ2n) is 3.76. The first-order valence-corrected chi connectivity index (χ1v) is 5.26. The number of amides is 1. The minimum absolute atomic E-state index is 0.122. The number of hydrogen-bond acceptors (Lipinski definition) is 4. The molecule has 2 aromatic rings. The zero-order valence-corrected chi connectivity index (χ0v) is 9.70. The number of rotatable bonds is 3. The van der Waals surface area contributed by atoms with Crippen LogP contribution in [0.5, 0.6) is 0 Å². The van der Waals surface area contributed by atoms with E-state index in [-0.39, 0.29) is 17.9 Å². The molecule has 0 aromatic carbocycles. The molecule has 0 unspecified atom stereocenters. The number of anilines is 1. The number of pyridine rings is 1. The predicted molar refractivity (Wildman–Crippen MR) is 63.1 cm³/mol. The molecular formula is C11H12FN5O. The van der Waals surface area contributed by atoms with Crippen LogP contribution in [-0.4, -0.2) is 21.1 Å². The van der Waals surface area contributed by atoms with E-state index in [0.29, 0.717) is 0 Å². The summed E-state index contributed by atoms with van der Waals surface area (Å²) in [6.45, 7) is 2.10. The third-order valence-electron chi connectivity index (χ3n) is 2.53. The van der Waals surface area contributed by atoms with Crippen molar-refractivity contribution in [1.82, 2.24) is 20.5 Å². The van der Waals surface area contributed by atoms with E-state index >= 15 is 0 Å². The van der Waals surface area contributed by atoms with Crippen LogP contribution in [0.4, 0.5) is 10.2 Å². The van der Waals surface area contributed by atoms with Gasteiger partial charge in [-0.25, -0.2) is 9.37 Å². The van der Waals surface area contributed by atoms with Crippen molar-refractivity contribution in [2.75, 3.05) is 5.73 Å². The van der Waals surface area contributed by atoms with Gasteiger partial charge in [0.25, 0.3) is 5.91 Å². The molecule has 4 N–H and O–H groups in total. The lowest BCUT2D eigenvalue weighted by Crippen LogP contribution is -2.24. The van der Waals surface area contributed by atoms with E-state index < -0.39 is 11.7 Å². The SMILES string of the molecule is Cc1[nH]ncc1CNC(=O)c1ccnc(N)c1F. The van der Waals surface area contributed by atoms with Crippen molar-refractivity contribution in [2.45, 2.75) is 13.5 Å². The minimum Gasteiger partial charge on any atom is -0.381 e. The Labute approximate surface area is 102 Å². The number of hydrogen-bond donors (Lipinski definition) is 3. The van der Waals surface area contributed by atoms with Gasteiger partial charge >= 0.3 is 0 Å². The largest absolute Gasteiger partial charge is 0.381 e. The molecule has 0 saturated carbocycles. The monoisotopic (exact) mass is 249 g/mol. The van der Waals surface area contributed by atoms with Crippen molar-refractivity contribution in [2.24, 2.45) is 0 Å². The number of halogens is 1. The summed E-state index contributed by atoms with van der Waals surface area (Å²) >= 11 is 0. The zero-order valence-electron chi connectivity index (χ0n) is 9.70. The van der Waals surface area contributed by atoms with Gasteiger partial charge in [-0.15, -0.1) is 0 Å². The molecule has 6 nitrogen and oxygen atoms in total. The molecule has 0 saturated heterocycles. The predicted octanol–water partition coefficient (Wildman–Crippen LogP) is 0.764. The number of H-pyrrole nitrogens is 1. The van der Waals surface area contributed by atoms with Gasteiger partial charge in [-0.2, -0.15) is 5.10 Å². The standard InChI is InChI=1S/C11H12FN5O/c1-6-7(5-16-17-6)4-15-11(18)8-2-3-14-10(13)9(8)12/h2-3,5H,4H2,1H3,(H2,13,14)(H,15,18)(H,16,17). The Hall–Kier alpha value is -2.44. The maximum Gasteiger partial charge on any atom is 0.254 e. The molecule has 0 spiro atoms. The second kappa shape index (κ2) is 4.82. The molecule has 0 radical (unpaired) electrons. The summed E-state index contributed by atoms with van der Waals surface area (Å²) < 4.78 is 13.5. The summed E-state index contributed by atoms with van der Waals surface area (Å²) in [5, 5.41) is 9.16. The number of nitrogen functional groups attached to an aromatic ring is 1. The van der Waals surface area contributed by atoms with Crippen molar-refractivity contribution >= 4 is 11.7 Å². The normalized spacial score (nSPS) is 10.3. The average molecular weight is 249 g/mol. The zero-order chi connectivity index (χ0) is 13.1. The highest BCUT2D eigenvalue weighted by Gasteiger charge is 2.14. The molecule has 1 amide bonds. The van der Waals surface area contributed by atoms with Gasteiger partial charge in [-0.05, 0) is 13.0 Å². The molecule has 0 aliphatic heterocycles. The van der Waals surface area contributed by atoms with Crippen LogP contribution < -0.4 is 11.1 Å². The smallest absolute Gasteiger partial charge is 0.254 e. The highest BCUT2D eigenvalue weighted by Crippen LogP contribution is 2.12. The molecule has 0 atom stereocenters. The number of nitrogens with one attached hydrogen (secondary N) is 2. The fraction of sp³-hybridized carbons (Fsp3) is 0.182. The number of aromatic amines is 1. The molecular weight excluding hydrogens is 237 g/mol. The molecule has 0 aliphatic rings. The number of nitrogens with two attached hydrogens (primary N) is 1. The van der Waals surface area contributed by atoms with E-state index in [2.05, 4.69) is 20.5 Å². The Morgan fingerprint density at radius 3 is 3.06 bits per heavy atom. The summed E-state index contributed by atoms with van der Waals surface area (Å²) in [4.78, 5) is 15.3. The van der Waals surface area contributed by atoms with Gasteiger partial charge in [0, 0.05) is 24.0 Å².